The lowest BCUT2D eigenvalue weighted by Gasteiger charge is -2.33. The third-order valence-corrected chi connectivity index (χ3v) is 7.62. The van der Waals surface area contributed by atoms with E-state index in [0.717, 1.165) is 30.3 Å². The Morgan fingerprint density at radius 3 is 2.76 bits per heavy atom. The number of amides is 1. The fourth-order valence-electron chi connectivity index (χ4n) is 4.14. The van der Waals surface area contributed by atoms with Gasteiger partial charge in [-0.25, -0.2) is 23.2 Å². The molecule has 0 spiro atoms. The number of nitrogens with one attached hydrogen (secondary N) is 1. The molecule has 1 amide bonds. The average Bonchev–Trinajstić information content (AvgIpc) is 3.64. The molecule has 13 heteroatoms. The van der Waals surface area contributed by atoms with Gasteiger partial charge in [-0.1, -0.05) is 26.0 Å². The summed E-state index contributed by atoms with van der Waals surface area (Å²) in [6, 6.07) is 11.5. The number of halogens is 2. The summed E-state index contributed by atoms with van der Waals surface area (Å²) in [4.78, 5) is 22.4. The van der Waals surface area contributed by atoms with E-state index >= 15 is 4.39 Å². The lowest BCUT2D eigenvalue weighted by atomic mass is 9.82. The minimum Gasteiger partial charge on any atom is -0.382 e. The largest absolute Gasteiger partial charge is 0.417 e. The topological polar surface area (TPSA) is 129 Å². The van der Waals surface area contributed by atoms with Crippen LogP contribution >= 0.6 is 11.3 Å². The fourth-order valence-corrected chi connectivity index (χ4v) is 5.11. The van der Waals surface area contributed by atoms with Crippen LogP contribution in [0.3, 0.4) is 0 Å². The Kier molecular flexibility index (Phi) is 9.38. The first-order valence-electron chi connectivity index (χ1n) is 12.8. The average molecular weight is 582 g/mol. The number of benzene rings is 2. The maximum atomic E-state index is 15.1. The van der Waals surface area contributed by atoms with E-state index in [2.05, 4.69) is 26.5 Å². The number of hydrogen-bond donors (Lipinski definition) is 2. The van der Waals surface area contributed by atoms with Crippen molar-refractivity contribution in [2.45, 2.75) is 31.9 Å². The van der Waals surface area contributed by atoms with Crippen LogP contribution in [0.25, 0.3) is 11.3 Å². The first kappa shape index (κ1) is 29.7. The van der Waals surface area contributed by atoms with Crippen molar-refractivity contribution in [1.29, 1.82) is 5.26 Å². The van der Waals surface area contributed by atoms with Crippen molar-refractivity contribution in [2.75, 3.05) is 26.7 Å². The van der Waals surface area contributed by atoms with E-state index in [-0.39, 0.29) is 18.1 Å². The third-order valence-electron chi connectivity index (χ3n) is 6.60. The van der Waals surface area contributed by atoms with Crippen LogP contribution < -0.4 is 10.1 Å². The molecule has 4 rings (SSSR count). The lowest BCUT2D eigenvalue weighted by Crippen LogP contribution is -2.38. The Balaban J connectivity index is 1.61. The number of carbonyl (C=O) groups excluding carboxylic acids is 1. The van der Waals surface area contributed by atoms with Crippen molar-refractivity contribution in [3.05, 3.63) is 81.9 Å². The molecule has 41 heavy (non-hydrogen) atoms. The monoisotopic (exact) mass is 581 g/mol. The van der Waals surface area contributed by atoms with Crippen LogP contribution in [0.15, 0.2) is 54.2 Å². The van der Waals surface area contributed by atoms with E-state index in [4.69, 9.17) is 10.00 Å². The van der Waals surface area contributed by atoms with Gasteiger partial charge in [-0.2, -0.15) is 10.2 Å². The molecule has 0 radical (unpaired) electrons. The van der Waals surface area contributed by atoms with Gasteiger partial charge in [-0.15, -0.1) is 16.4 Å². The number of thiazole rings is 1. The van der Waals surface area contributed by atoms with Crippen LogP contribution in [-0.4, -0.2) is 62.5 Å². The van der Waals surface area contributed by atoms with E-state index < -0.39 is 29.2 Å². The molecule has 0 saturated heterocycles. The number of rotatable bonds is 11. The SMILES string of the molecule is CCNCCN(C)C(=O)Oc1ncn(C[C@](O)(c2cc(F)ccc2F)[C@@H](C)c2nc(-c3ccc(C#N)cc3)cs2)n1. The van der Waals surface area contributed by atoms with Gasteiger partial charge in [0.2, 0.25) is 0 Å². The van der Waals surface area contributed by atoms with Crippen LogP contribution in [0.2, 0.25) is 0 Å². The van der Waals surface area contributed by atoms with Gasteiger partial charge in [0.25, 0.3) is 0 Å². The zero-order valence-electron chi connectivity index (χ0n) is 22.7. The molecule has 2 aromatic heterocycles. The number of nitrogens with zero attached hydrogens (tertiary/aromatic N) is 6. The van der Waals surface area contributed by atoms with E-state index in [1.54, 1.807) is 43.6 Å². The van der Waals surface area contributed by atoms with Gasteiger partial charge in [0, 0.05) is 42.6 Å². The molecule has 2 aromatic carbocycles. The van der Waals surface area contributed by atoms with Crippen molar-refractivity contribution in [3.8, 4) is 23.3 Å². The molecule has 2 atom stereocenters. The summed E-state index contributed by atoms with van der Waals surface area (Å²) in [5.74, 6) is -2.36. The molecule has 0 aliphatic carbocycles. The highest BCUT2D eigenvalue weighted by atomic mass is 32.1. The van der Waals surface area contributed by atoms with Gasteiger partial charge < -0.3 is 20.1 Å². The van der Waals surface area contributed by atoms with Gasteiger partial charge in [0.05, 0.1) is 28.9 Å². The predicted octanol–water partition coefficient (Wildman–Crippen LogP) is 4.28. The maximum absolute atomic E-state index is 15.1. The van der Waals surface area contributed by atoms with Gasteiger partial charge in [0.1, 0.15) is 23.6 Å². The number of nitriles is 1. The van der Waals surface area contributed by atoms with Crippen LogP contribution in [0.4, 0.5) is 13.6 Å². The van der Waals surface area contributed by atoms with Crippen molar-refractivity contribution in [1.82, 2.24) is 30.0 Å². The van der Waals surface area contributed by atoms with Crippen LogP contribution in [0, 0.1) is 23.0 Å². The quantitative estimate of drug-likeness (QED) is 0.251. The first-order valence-corrected chi connectivity index (χ1v) is 13.7. The number of aromatic nitrogens is 4. The highest BCUT2D eigenvalue weighted by molar-refractivity contribution is 7.10. The minimum absolute atomic E-state index is 0.252. The van der Waals surface area contributed by atoms with E-state index in [1.807, 2.05) is 6.92 Å². The molecular weight excluding hydrogens is 552 g/mol. The van der Waals surface area contributed by atoms with E-state index in [0.29, 0.717) is 29.4 Å². The zero-order chi connectivity index (χ0) is 29.6. The summed E-state index contributed by atoms with van der Waals surface area (Å²) >= 11 is 1.25. The van der Waals surface area contributed by atoms with Crippen molar-refractivity contribution >= 4 is 17.4 Å². The molecule has 4 aromatic rings. The number of likely N-dealkylation sites (N-methyl/N-ethyl adjacent to an activating group) is 2. The summed E-state index contributed by atoms with van der Waals surface area (Å²) in [6.45, 7) is 5.01. The summed E-state index contributed by atoms with van der Waals surface area (Å²) in [7, 11) is 1.57. The highest BCUT2D eigenvalue weighted by Crippen LogP contribution is 2.41. The zero-order valence-corrected chi connectivity index (χ0v) is 23.5. The Morgan fingerprint density at radius 1 is 1.29 bits per heavy atom. The van der Waals surface area contributed by atoms with Crippen LogP contribution in [-0.2, 0) is 12.1 Å². The smallest absolute Gasteiger partial charge is 0.382 e. The Bertz CT molecular complexity index is 1540. The van der Waals surface area contributed by atoms with Crippen molar-refractivity contribution in [3.63, 3.8) is 0 Å². The lowest BCUT2D eigenvalue weighted by molar-refractivity contribution is -0.0115. The molecule has 0 bridgehead atoms. The molecule has 0 fully saturated rings. The second-order valence-corrected chi connectivity index (χ2v) is 10.3. The second-order valence-electron chi connectivity index (χ2n) is 9.40. The highest BCUT2D eigenvalue weighted by Gasteiger charge is 2.42. The molecule has 214 valence electrons. The number of aliphatic hydroxyl groups is 1. The number of carbonyl (C=O) groups is 1. The minimum atomic E-state index is -2.02. The molecule has 0 aliphatic heterocycles. The van der Waals surface area contributed by atoms with Crippen molar-refractivity contribution in [2.24, 2.45) is 0 Å². The van der Waals surface area contributed by atoms with Crippen LogP contribution in [0.5, 0.6) is 6.01 Å². The molecule has 10 nitrogen and oxygen atoms in total. The molecule has 0 saturated carbocycles. The molecule has 0 aliphatic rings. The van der Waals surface area contributed by atoms with Gasteiger partial charge >= 0.3 is 12.1 Å². The fraction of sp³-hybridized carbons (Fsp3) is 0.321. The molecule has 0 unspecified atom stereocenters. The first-order chi connectivity index (χ1) is 19.6. The predicted molar refractivity (Wildman–Crippen MR) is 148 cm³/mol. The number of ether oxygens (including phenoxy) is 1. The molecule has 2 heterocycles. The van der Waals surface area contributed by atoms with Gasteiger partial charge in [-0.05, 0) is 36.9 Å². The normalized spacial score (nSPS) is 13.3. The Morgan fingerprint density at radius 2 is 2.05 bits per heavy atom. The Labute approximate surface area is 239 Å². The Hall–Kier alpha value is -4.25. The third kappa shape index (κ3) is 6.91. The summed E-state index contributed by atoms with van der Waals surface area (Å²) in [5, 5.41) is 30.6. The van der Waals surface area contributed by atoms with Crippen LogP contribution in [0.1, 0.15) is 35.9 Å². The van der Waals surface area contributed by atoms with Gasteiger partial charge in [0.15, 0.2) is 0 Å². The van der Waals surface area contributed by atoms with E-state index in [9.17, 15) is 14.3 Å². The van der Waals surface area contributed by atoms with E-state index in [1.165, 1.54) is 27.2 Å². The second kappa shape index (κ2) is 12.9. The van der Waals surface area contributed by atoms with Crippen molar-refractivity contribution < 1.29 is 23.4 Å². The summed E-state index contributed by atoms with van der Waals surface area (Å²) in [5.41, 5.74) is -0.429. The molecular formula is C28H29F2N7O3S. The summed E-state index contributed by atoms with van der Waals surface area (Å²) in [6.07, 6.45) is 0.568. The number of hydrogen-bond acceptors (Lipinski definition) is 9. The van der Waals surface area contributed by atoms with Gasteiger partial charge in [-0.3, -0.25) is 0 Å². The standard InChI is InChI=1S/C28H29F2N7O3S/c1-4-32-11-12-36(3)27(38)40-26-33-17-37(35-26)16-28(39,22-13-21(29)9-10-23(22)30)18(2)25-34-24(15-41-25)20-7-5-19(14-31)6-8-20/h5-10,13,15,17-18,32,39H,4,11-12,16H2,1-3H3/t18-,28+/m0/s1. The summed E-state index contributed by atoms with van der Waals surface area (Å²) < 4.78 is 35.8. The maximum Gasteiger partial charge on any atom is 0.417 e. The molecule has 2 N–H and O–H groups in total.